The molecule has 0 aliphatic carbocycles. The van der Waals surface area contributed by atoms with Crippen LogP contribution in [-0.2, 0) is 4.74 Å². The van der Waals surface area contributed by atoms with E-state index in [1.807, 2.05) is 0 Å². The van der Waals surface area contributed by atoms with Crippen molar-refractivity contribution in [3.05, 3.63) is 5.69 Å². The summed E-state index contributed by atoms with van der Waals surface area (Å²) in [6.45, 7) is 5.92. The van der Waals surface area contributed by atoms with E-state index in [2.05, 4.69) is 32.1 Å². The molecule has 100 valence electrons. The van der Waals surface area contributed by atoms with E-state index in [0.717, 1.165) is 19.6 Å². The van der Waals surface area contributed by atoms with Gasteiger partial charge in [-0.1, -0.05) is 6.92 Å². The number of carbonyl (C=O) groups excluding carboxylic acids is 1. The third-order valence-electron chi connectivity index (χ3n) is 2.89. The molecule has 1 amide bonds. The molecular formula is C10H17N5O3. The van der Waals surface area contributed by atoms with Crippen molar-refractivity contribution < 1.29 is 14.2 Å². The first-order valence-corrected chi connectivity index (χ1v) is 5.91. The lowest BCUT2D eigenvalue weighted by atomic mass is 10.2. The first-order valence-electron chi connectivity index (χ1n) is 5.91. The van der Waals surface area contributed by atoms with Crippen LogP contribution >= 0.6 is 0 Å². The van der Waals surface area contributed by atoms with Crippen LogP contribution in [-0.4, -0.2) is 60.0 Å². The second-order valence-electron chi connectivity index (χ2n) is 4.09. The highest BCUT2D eigenvalue weighted by Gasteiger charge is 2.21. The highest BCUT2D eigenvalue weighted by Crippen LogP contribution is 2.06. The Labute approximate surface area is 104 Å². The van der Waals surface area contributed by atoms with E-state index in [1.54, 1.807) is 0 Å². The zero-order valence-corrected chi connectivity index (χ0v) is 10.3. The van der Waals surface area contributed by atoms with Crippen LogP contribution in [0.4, 0.5) is 5.82 Å². The van der Waals surface area contributed by atoms with E-state index < -0.39 is 5.91 Å². The Morgan fingerprint density at radius 3 is 3.11 bits per heavy atom. The molecular weight excluding hydrogens is 238 g/mol. The van der Waals surface area contributed by atoms with E-state index in [4.69, 9.17) is 10.5 Å². The molecule has 1 aromatic heterocycles. The fourth-order valence-corrected chi connectivity index (χ4v) is 1.83. The fourth-order valence-electron chi connectivity index (χ4n) is 1.83. The summed E-state index contributed by atoms with van der Waals surface area (Å²) in [6, 6.07) is 0. The number of hydrogen-bond donors (Lipinski definition) is 2. The molecule has 0 spiro atoms. The van der Waals surface area contributed by atoms with Gasteiger partial charge in [-0.05, 0) is 16.9 Å². The number of morpholine rings is 1. The third-order valence-corrected chi connectivity index (χ3v) is 2.89. The number of aromatic nitrogens is 2. The molecule has 2 heterocycles. The Hall–Kier alpha value is -1.67. The molecule has 1 aliphatic heterocycles. The molecule has 2 rings (SSSR count). The molecule has 1 aromatic rings. The van der Waals surface area contributed by atoms with Crippen molar-refractivity contribution in [3.63, 3.8) is 0 Å². The number of ether oxygens (including phenoxy) is 1. The van der Waals surface area contributed by atoms with Gasteiger partial charge in [-0.2, -0.15) is 0 Å². The summed E-state index contributed by atoms with van der Waals surface area (Å²) in [6.07, 6.45) is -0.0104. The smallest absolute Gasteiger partial charge is 0.277 e. The third kappa shape index (κ3) is 2.96. The molecule has 18 heavy (non-hydrogen) atoms. The average Bonchev–Trinajstić information content (AvgIpc) is 2.82. The van der Waals surface area contributed by atoms with Gasteiger partial charge in [0.25, 0.3) is 5.91 Å². The number of nitrogen functional groups attached to an aromatic ring is 1. The van der Waals surface area contributed by atoms with Gasteiger partial charge >= 0.3 is 0 Å². The highest BCUT2D eigenvalue weighted by molar-refractivity contribution is 5.95. The average molecular weight is 255 g/mol. The minimum Gasteiger partial charge on any atom is -0.379 e. The minimum absolute atomic E-state index is 0.00718. The maximum atomic E-state index is 11.7. The van der Waals surface area contributed by atoms with Gasteiger partial charge in [0.05, 0.1) is 12.7 Å². The van der Waals surface area contributed by atoms with E-state index >= 15 is 0 Å². The van der Waals surface area contributed by atoms with Gasteiger partial charge in [-0.3, -0.25) is 9.69 Å². The summed E-state index contributed by atoms with van der Waals surface area (Å²) in [5, 5.41) is 9.49. The number of hydrogen-bond acceptors (Lipinski definition) is 7. The predicted octanol–water partition coefficient (Wildman–Crippen LogP) is -0.898. The van der Waals surface area contributed by atoms with Crippen molar-refractivity contribution >= 4 is 11.7 Å². The van der Waals surface area contributed by atoms with Crippen molar-refractivity contribution in [2.45, 2.75) is 13.0 Å². The van der Waals surface area contributed by atoms with Crippen LogP contribution in [0.2, 0.25) is 0 Å². The number of nitrogens with one attached hydrogen (secondary N) is 1. The maximum Gasteiger partial charge on any atom is 0.277 e. The van der Waals surface area contributed by atoms with Crippen LogP contribution in [0.25, 0.3) is 0 Å². The standard InChI is InChI=1S/C10H17N5O3/c1-2-15-3-4-17-7(6-15)5-12-10(16)8-9(11)14-18-13-8/h7H,2-6H2,1H3,(H2,11,14)(H,12,16). The van der Waals surface area contributed by atoms with Gasteiger partial charge < -0.3 is 15.8 Å². The SMILES string of the molecule is CCN1CCOC(CNC(=O)c2nonc2N)C1. The fraction of sp³-hybridized carbons (Fsp3) is 0.700. The van der Waals surface area contributed by atoms with E-state index in [1.165, 1.54) is 0 Å². The van der Waals surface area contributed by atoms with Crippen LogP contribution in [0.1, 0.15) is 17.4 Å². The topological polar surface area (TPSA) is 107 Å². The summed E-state index contributed by atoms with van der Waals surface area (Å²) in [5.74, 6) is -0.404. The summed E-state index contributed by atoms with van der Waals surface area (Å²) in [4.78, 5) is 14.0. The number of nitrogens with two attached hydrogens (primary N) is 1. The Morgan fingerprint density at radius 1 is 1.61 bits per heavy atom. The Balaban J connectivity index is 1.81. The molecule has 8 nitrogen and oxygen atoms in total. The summed E-state index contributed by atoms with van der Waals surface area (Å²) >= 11 is 0. The van der Waals surface area contributed by atoms with E-state index in [-0.39, 0.29) is 17.6 Å². The molecule has 1 fully saturated rings. The molecule has 0 aromatic carbocycles. The number of nitrogens with zero attached hydrogens (tertiary/aromatic N) is 3. The highest BCUT2D eigenvalue weighted by atomic mass is 16.6. The van der Waals surface area contributed by atoms with Crippen LogP contribution < -0.4 is 11.1 Å². The van der Waals surface area contributed by atoms with Crippen LogP contribution in [0.15, 0.2) is 4.63 Å². The van der Waals surface area contributed by atoms with E-state index in [9.17, 15) is 4.79 Å². The number of likely N-dealkylation sites (N-methyl/N-ethyl adjacent to an activating group) is 1. The van der Waals surface area contributed by atoms with E-state index in [0.29, 0.717) is 13.2 Å². The molecule has 1 unspecified atom stereocenters. The molecule has 3 N–H and O–H groups in total. The number of carbonyl (C=O) groups is 1. The zero-order chi connectivity index (χ0) is 13.0. The number of anilines is 1. The zero-order valence-electron chi connectivity index (χ0n) is 10.3. The van der Waals surface area contributed by atoms with Gasteiger partial charge in [0.1, 0.15) is 0 Å². The molecule has 8 heteroatoms. The van der Waals surface area contributed by atoms with Crippen LogP contribution in [0.5, 0.6) is 0 Å². The van der Waals surface area contributed by atoms with Crippen molar-refractivity contribution in [3.8, 4) is 0 Å². The summed E-state index contributed by atoms with van der Waals surface area (Å²) < 4.78 is 9.93. The normalized spacial score (nSPS) is 20.8. The Morgan fingerprint density at radius 2 is 2.44 bits per heavy atom. The molecule has 0 radical (unpaired) electrons. The molecule has 1 aliphatic rings. The molecule has 0 bridgehead atoms. The van der Waals surface area contributed by atoms with Gasteiger partial charge in [-0.15, -0.1) is 0 Å². The molecule has 1 atom stereocenters. The van der Waals surface area contributed by atoms with Crippen molar-refractivity contribution in [2.75, 3.05) is 38.5 Å². The lowest BCUT2D eigenvalue weighted by molar-refractivity contribution is -0.0246. The lowest BCUT2D eigenvalue weighted by Gasteiger charge is -2.32. The van der Waals surface area contributed by atoms with Crippen molar-refractivity contribution in [2.24, 2.45) is 0 Å². The van der Waals surface area contributed by atoms with Gasteiger partial charge in [0.2, 0.25) is 11.5 Å². The predicted molar refractivity (Wildman–Crippen MR) is 62.9 cm³/mol. The van der Waals surface area contributed by atoms with Gasteiger partial charge in [0.15, 0.2) is 0 Å². The quantitative estimate of drug-likeness (QED) is 0.718. The van der Waals surface area contributed by atoms with Crippen LogP contribution in [0.3, 0.4) is 0 Å². The summed E-state index contributed by atoms with van der Waals surface area (Å²) in [7, 11) is 0. The van der Waals surface area contributed by atoms with Gasteiger partial charge in [0, 0.05) is 19.6 Å². The monoisotopic (exact) mass is 255 g/mol. The minimum atomic E-state index is -0.397. The lowest BCUT2D eigenvalue weighted by Crippen LogP contribution is -2.47. The molecule has 0 saturated carbocycles. The largest absolute Gasteiger partial charge is 0.379 e. The Kier molecular flexibility index (Phi) is 4.11. The second-order valence-corrected chi connectivity index (χ2v) is 4.09. The van der Waals surface area contributed by atoms with Crippen molar-refractivity contribution in [1.82, 2.24) is 20.5 Å². The first-order chi connectivity index (χ1) is 8.70. The number of amides is 1. The maximum absolute atomic E-state index is 11.7. The summed E-state index contributed by atoms with van der Waals surface area (Å²) in [5.41, 5.74) is 5.44. The van der Waals surface area contributed by atoms with Gasteiger partial charge in [-0.25, -0.2) is 4.63 Å². The second kappa shape index (κ2) is 5.78. The van der Waals surface area contributed by atoms with Crippen molar-refractivity contribution in [1.29, 1.82) is 0 Å². The first kappa shape index (κ1) is 12.8. The Bertz CT molecular complexity index is 408. The molecule has 1 saturated heterocycles. The van der Waals surface area contributed by atoms with Crippen LogP contribution in [0, 0.1) is 0 Å². The number of rotatable bonds is 4.